The lowest BCUT2D eigenvalue weighted by atomic mass is 10.3. The van der Waals surface area contributed by atoms with Crippen molar-refractivity contribution in [1.82, 2.24) is 9.88 Å². The number of thioether (sulfide) groups is 1. The Morgan fingerprint density at radius 3 is 2.85 bits per heavy atom. The number of rotatable bonds is 4. The molecule has 1 saturated heterocycles. The fraction of sp³-hybridized carbons (Fsp3) is 0.111. The van der Waals surface area contributed by atoms with Crippen LogP contribution in [-0.2, 0) is 0 Å². The topological polar surface area (TPSA) is 45.2 Å². The lowest BCUT2D eigenvalue weighted by Crippen LogP contribution is -2.25. The van der Waals surface area contributed by atoms with E-state index in [1.165, 1.54) is 34.8 Å². The number of nitrogens with one attached hydrogen (secondary N) is 1. The van der Waals surface area contributed by atoms with E-state index in [-0.39, 0.29) is 11.7 Å². The molecule has 1 fully saturated rings. The van der Waals surface area contributed by atoms with E-state index in [1.54, 1.807) is 23.9 Å². The van der Waals surface area contributed by atoms with Gasteiger partial charge in [0.05, 0.1) is 15.6 Å². The maximum absolute atomic E-state index is 13.0. The molecule has 0 unspecified atom stereocenters. The molecule has 2 aromatic heterocycles. The van der Waals surface area contributed by atoms with Crippen LogP contribution in [0, 0.1) is 5.82 Å². The molecule has 8 heteroatoms. The minimum Gasteiger partial charge on any atom is -0.332 e. The Hall–Kier alpha value is -2.16. The van der Waals surface area contributed by atoms with Crippen LogP contribution < -0.4 is 5.32 Å². The predicted molar refractivity (Wildman–Crippen MR) is 108 cm³/mol. The van der Waals surface area contributed by atoms with Gasteiger partial charge < -0.3 is 10.2 Å². The Morgan fingerprint density at radius 1 is 1.23 bits per heavy atom. The first kappa shape index (κ1) is 17.3. The number of carbonyl (C=O) groups excluding carboxylic acids is 1. The summed E-state index contributed by atoms with van der Waals surface area (Å²) >= 11 is 4.58. The highest BCUT2D eigenvalue weighted by molar-refractivity contribution is 8.03. The number of halogens is 1. The van der Waals surface area contributed by atoms with Gasteiger partial charge in [-0.25, -0.2) is 9.37 Å². The van der Waals surface area contributed by atoms with Crippen LogP contribution in [0.25, 0.3) is 6.08 Å². The average Bonchev–Trinajstić information content (AvgIpc) is 3.39. The van der Waals surface area contributed by atoms with Crippen molar-refractivity contribution in [3.63, 3.8) is 0 Å². The van der Waals surface area contributed by atoms with Crippen LogP contribution in [0.4, 0.5) is 15.2 Å². The van der Waals surface area contributed by atoms with Gasteiger partial charge in [-0.2, -0.15) is 0 Å². The summed E-state index contributed by atoms with van der Waals surface area (Å²) in [5.74, 6) is 0.651. The number of carbonyl (C=O) groups is 1. The van der Waals surface area contributed by atoms with Gasteiger partial charge in [0.15, 0.2) is 5.13 Å². The standard InChI is InChI=1S/C18H14FN3OS3/c19-12-3-5-13(6-4-12)20-18-21-14(11-26-18)10-16-22(7-9-25-16)17(23)15-2-1-8-24-15/h1-6,8,10-11H,7,9H2,(H,20,21)/b16-10+. The molecule has 26 heavy (non-hydrogen) atoms. The van der Waals surface area contributed by atoms with Crippen LogP contribution in [-0.4, -0.2) is 28.1 Å². The number of amides is 1. The van der Waals surface area contributed by atoms with E-state index >= 15 is 0 Å². The predicted octanol–water partition coefficient (Wildman–Crippen LogP) is 5.27. The van der Waals surface area contributed by atoms with Crippen molar-refractivity contribution in [2.75, 3.05) is 17.6 Å². The molecule has 1 N–H and O–H groups in total. The lowest BCUT2D eigenvalue weighted by Gasteiger charge is -2.15. The second-order valence-electron chi connectivity index (χ2n) is 5.47. The van der Waals surface area contributed by atoms with Crippen molar-refractivity contribution in [3.05, 3.63) is 68.6 Å². The van der Waals surface area contributed by atoms with Gasteiger partial charge in [-0.1, -0.05) is 6.07 Å². The summed E-state index contributed by atoms with van der Waals surface area (Å²) in [4.78, 5) is 19.7. The Balaban J connectivity index is 1.50. The molecule has 3 aromatic rings. The van der Waals surface area contributed by atoms with Gasteiger partial charge >= 0.3 is 0 Å². The van der Waals surface area contributed by atoms with E-state index in [0.717, 1.165) is 32.2 Å². The molecule has 0 bridgehead atoms. The summed E-state index contributed by atoms with van der Waals surface area (Å²) in [7, 11) is 0. The number of hydrogen-bond donors (Lipinski definition) is 1. The summed E-state index contributed by atoms with van der Waals surface area (Å²) in [6.45, 7) is 0.706. The Bertz CT molecular complexity index is 935. The van der Waals surface area contributed by atoms with E-state index in [4.69, 9.17) is 0 Å². The molecule has 1 aliphatic rings. The minimum absolute atomic E-state index is 0.0381. The SMILES string of the molecule is O=C(c1cccs1)N1CCS/C1=C/c1csc(Nc2ccc(F)cc2)n1. The van der Waals surface area contributed by atoms with Gasteiger partial charge in [-0.3, -0.25) is 4.79 Å². The van der Waals surface area contributed by atoms with Gasteiger partial charge in [0.1, 0.15) is 5.82 Å². The molecular formula is C18H14FN3OS3. The average molecular weight is 404 g/mol. The number of thiazole rings is 1. The van der Waals surface area contributed by atoms with Crippen molar-refractivity contribution >= 4 is 57.2 Å². The van der Waals surface area contributed by atoms with Crippen LogP contribution in [0.5, 0.6) is 0 Å². The second-order valence-corrected chi connectivity index (χ2v) is 8.40. The molecule has 3 heterocycles. The molecule has 0 spiro atoms. The number of hydrogen-bond acceptors (Lipinski definition) is 6. The molecule has 0 atom stereocenters. The zero-order valence-electron chi connectivity index (χ0n) is 13.5. The number of thiophene rings is 1. The molecule has 0 aliphatic carbocycles. The third-order valence-electron chi connectivity index (χ3n) is 3.70. The van der Waals surface area contributed by atoms with Gasteiger partial charge in [0, 0.05) is 23.4 Å². The Morgan fingerprint density at radius 2 is 2.08 bits per heavy atom. The van der Waals surface area contributed by atoms with Crippen LogP contribution in [0.2, 0.25) is 0 Å². The summed E-state index contributed by atoms with van der Waals surface area (Å²) in [5, 5.41) is 8.65. The Kier molecular flexibility index (Phi) is 5.05. The van der Waals surface area contributed by atoms with Crippen LogP contribution >= 0.6 is 34.4 Å². The van der Waals surface area contributed by atoms with Crippen molar-refractivity contribution in [3.8, 4) is 0 Å². The summed E-state index contributed by atoms with van der Waals surface area (Å²) in [5.41, 5.74) is 1.58. The lowest BCUT2D eigenvalue weighted by molar-refractivity contribution is 0.0835. The fourth-order valence-electron chi connectivity index (χ4n) is 2.48. The minimum atomic E-state index is -0.270. The molecule has 132 valence electrons. The zero-order chi connectivity index (χ0) is 17.9. The maximum atomic E-state index is 13.0. The number of aromatic nitrogens is 1. The van der Waals surface area contributed by atoms with Gasteiger partial charge in [0.25, 0.3) is 5.91 Å². The molecule has 1 aromatic carbocycles. The molecule has 1 aliphatic heterocycles. The first-order valence-corrected chi connectivity index (χ1v) is 10.6. The van der Waals surface area contributed by atoms with Crippen LogP contribution in [0.1, 0.15) is 15.4 Å². The van der Waals surface area contributed by atoms with Crippen molar-refractivity contribution in [2.45, 2.75) is 0 Å². The summed E-state index contributed by atoms with van der Waals surface area (Å²) in [6.07, 6.45) is 1.94. The third kappa shape index (κ3) is 3.82. The molecule has 0 radical (unpaired) electrons. The largest absolute Gasteiger partial charge is 0.332 e. The summed E-state index contributed by atoms with van der Waals surface area (Å²) in [6, 6.07) is 9.88. The van der Waals surface area contributed by atoms with Gasteiger partial charge in [0.2, 0.25) is 0 Å². The highest BCUT2D eigenvalue weighted by atomic mass is 32.2. The number of benzene rings is 1. The monoisotopic (exact) mass is 403 g/mol. The molecule has 0 saturated carbocycles. The van der Waals surface area contributed by atoms with Gasteiger partial charge in [-0.05, 0) is 41.8 Å². The zero-order valence-corrected chi connectivity index (χ0v) is 16.0. The van der Waals surface area contributed by atoms with E-state index in [0.29, 0.717) is 6.54 Å². The highest BCUT2D eigenvalue weighted by Gasteiger charge is 2.26. The summed E-state index contributed by atoms with van der Waals surface area (Å²) < 4.78 is 13.0. The van der Waals surface area contributed by atoms with Crippen molar-refractivity contribution in [2.24, 2.45) is 0 Å². The molecule has 4 rings (SSSR count). The molecule has 1 amide bonds. The highest BCUT2D eigenvalue weighted by Crippen LogP contribution is 2.32. The molecular weight excluding hydrogens is 389 g/mol. The quantitative estimate of drug-likeness (QED) is 0.644. The van der Waals surface area contributed by atoms with E-state index in [9.17, 15) is 9.18 Å². The number of nitrogens with zero attached hydrogens (tertiary/aromatic N) is 2. The van der Waals surface area contributed by atoms with E-state index < -0.39 is 0 Å². The van der Waals surface area contributed by atoms with Crippen LogP contribution in [0.15, 0.2) is 52.2 Å². The normalized spacial score (nSPS) is 15.6. The third-order valence-corrected chi connectivity index (χ3v) is 6.35. The van der Waals surface area contributed by atoms with E-state index in [1.807, 2.05) is 33.9 Å². The maximum Gasteiger partial charge on any atom is 0.268 e. The van der Waals surface area contributed by atoms with E-state index in [2.05, 4.69) is 10.3 Å². The van der Waals surface area contributed by atoms with Crippen molar-refractivity contribution < 1.29 is 9.18 Å². The number of anilines is 2. The smallest absolute Gasteiger partial charge is 0.268 e. The Labute approximate surface area is 162 Å². The van der Waals surface area contributed by atoms with Crippen LogP contribution in [0.3, 0.4) is 0 Å². The first-order chi connectivity index (χ1) is 12.7. The van der Waals surface area contributed by atoms with Gasteiger partial charge in [-0.15, -0.1) is 34.4 Å². The van der Waals surface area contributed by atoms with Crippen molar-refractivity contribution in [1.29, 1.82) is 0 Å². The fourth-order valence-corrected chi connectivity index (χ4v) is 4.85. The molecule has 4 nitrogen and oxygen atoms in total. The first-order valence-electron chi connectivity index (χ1n) is 7.87. The second kappa shape index (κ2) is 7.61.